The standard InChI is InChI=1S/C12H11BrF2N2O3/c13-6-4-8(15)9(5-7(6)14)16-12(20)17-3-1-2-10(17)11(18)19/h4-5,10H,1-3H2,(H,16,20)(H,18,19)/t10-/m1/s1. The molecule has 1 aromatic carbocycles. The van der Waals surface area contributed by atoms with Gasteiger partial charge in [-0.05, 0) is 34.8 Å². The molecule has 1 aliphatic heterocycles. The molecular weight excluding hydrogens is 338 g/mol. The van der Waals surface area contributed by atoms with Gasteiger partial charge in [-0.3, -0.25) is 0 Å². The van der Waals surface area contributed by atoms with Gasteiger partial charge in [0, 0.05) is 12.6 Å². The molecule has 1 fully saturated rings. The molecule has 0 radical (unpaired) electrons. The van der Waals surface area contributed by atoms with Crippen LogP contribution in [-0.4, -0.2) is 34.6 Å². The topological polar surface area (TPSA) is 69.6 Å². The number of urea groups is 1. The number of rotatable bonds is 2. The summed E-state index contributed by atoms with van der Waals surface area (Å²) in [5.74, 6) is -2.64. The molecular formula is C12H11BrF2N2O3. The number of carbonyl (C=O) groups excluding carboxylic acids is 1. The van der Waals surface area contributed by atoms with Crippen LogP contribution in [0, 0.1) is 11.6 Å². The van der Waals surface area contributed by atoms with Gasteiger partial charge in [-0.15, -0.1) is 0 Å². The van der Waals surface area contributed by atoms with Crippen molar-refractivity contribution in [3.05, 3.63) is 28.2 Å². The highest BCUT2D eigenvalue weighted by molar-refractivity contribution is 9.10. The molecule has 1 aromatic rings. The zero-order valence-corrected chi connectivity index (χ0v) is 11.8. The molecule has 108 valence electrons. The predicted molar refractivity (Wildman–Crippen MR) is 70.4 cm³/mol. The molecule has 5 nitrogen and oxygen atoms in total. The van der Waals surface area contributed by atoms with Gasteiger partial charge < -0.3 is 15.3 Å². The minimum atomic E-state index is -1.11. The monoisotopic (exact) mass is 348 g/mol. The van der Waals surface area contributed by atoms with Crippen molar-refractivity contribution in [3.8, 4) is 0 Å². The maximum atomic E-state index is 13.6. The van der Waals surface area contributed by atoms with Gasteiger partial charge in [-0.2, -0.15) is 0 Å². The number of aliphatic carboxylic acids is 1. The van der Waals surface area contributed by atoms with E-state index in [9.17, 15) is 18.4 Å². The Kier molecular flexibility index (Phi) is 4.22. The van der Waals surface area contributed by atoms with Crippen LogP contribution in [0.4, 0.5) is 19.3 Å². The molecule has 0 spiro atoms. The van der Waals surface area contributed by atoms with E-state index < -0.39 is 29.7 Å². The van der Waals surface area contributed by atoms with E-state index in [-0.39, 0.29) is 16.7 Å². The van der Waals surface area contributed by atoms with Gasteiger partial charge in [0.2, 0.25) is 0 Å². The fourth-order valence-electron chi connectivity index (χ4n) is 2.07. The molecule has 1 atom stereocenters. The zero-order valence-electron chi connectivity index (χ0n) is 10.2. The first kappa shape index (κ1) is 14.7. The van der Waals surface area contributed by atoms with Crippen molar-refractivity contribution in [2.45, 2.75) is 18.9 Å². The van der Waals surface area contributed by atoms with Crippen LogP contribution in [0.2, 0.25) is 0 Å². The largest absolute Gasteiger partial charge is 0.480 e. The third-order valence-corrected chi connectivity index (χ3v) is 3.66. The maximum absolute atomic E-state index is 13.6. The fraction of sp³-hybridized carbons (Fsp3) is 0.333. The Balaban J connectivity index is 2.16. The normalized spacial score (nSPS) is 18.1. The Morgan fingerprint density at radius 2 is 2.05 bits per heavy atom. The average Bonchev–Trinajstić information content (AvgIpc) is 2.85. The first-order valence-corrected chi connectivity index (χ1v) is 6.64. The summed E-state index contributed by atoms with van der Waals surface area (Å²) in [5.41, 5.74) is -0.327. The summed E-state index contributed by atoms with van der Waals surface area (Å²) in [6.07, 6.45) is 0.904. The first-order chi connectivity index (χ1) is 9.40. The molecule has 1 saturated heterocycles. The number of carboxylic acid groups (broad SMARTS) is 1. The van der Waals surface area contributed by atoms with E-state index in [1.54, 1.807) is 0 Å². The van der Waals surface area contributed by atoms with Crippen molar-refractivity contribution in [2.75, 3.05) is 11.9 Å². The van der Waals surface area contributed by atoms with Crippen molar-refractivity contribution in [2.24, 2.45) is 0 Å². The summed E-state index contributed by atoms with van der Waals surface area (Å²) in [6.45, 7) is 0.267. The lowest BCUT2D eigenvalue weighted by Crippen LogP contribution is -2.42. The van der Waals surface area contributed by atoms with Crippen LogP contribution in [0.1, 0.15) is 12.8 Å². The van der Waals surface area contributed by atoms with E-state index in [0.29, 0.717) is 12.8 Å². The third kappa shape index (κ3) is 2.90. The van der Waals surface area contributed by atoms with E-state index in [1.165, 1.54) is 0 Å². The van der Waals surface area contributed by atoms with Gasteiger partial charge in [0.15, 0.2) is 0 Å². The van der Waals surface area contributed by atoms with Crippen LogP contribution in [0.5, 0.6) is 0 Å². The van der Waals surface area contributed by atoms with Crippen molar-refractivity contribution in [1.29, 1.82) is 0 Å². The summed E-state index contributed by atoms with van der Waals surface area (Å²) >= 11 is 2.83. The van der Waals surface area contributed by atoms with Gasteiger partial charge in [-0.25, -0.2) is 18.4 Å². The van der Waals surface area contributed by atoms with Crippen LogP contribution in [0.25, 0.3) is 0 Å². The Hall–Kier alpha value is -1.70. The fourth-order valence-corrected chi connectivity index (χ4v) is 2.39. The molecule has 2 amide bonds. The molecule has 0 aliphatic carbocycles. The van der Waals surface area contributed by atoms with E-state index >= 15 is 0 Å². The number of hydrogen-bond acceptors (Lipinski definition) is 2. The zero-order chi connectivity index (χ0) is 14.9. The molecule has 0 unspecified atom stereocenters. The minimum Gasteiger partial charge on any atom is -0.480 e. The molecule has 1 aliphatic rings. The second kappa shape index (κ2) is 5.74. The van der Waals surface area contributed by atoms with Crippen LogP contribution in [0.3, 0.4) is 0 Å². The minimum absolute atomic E-state index is 0.0578. The molecule has 2 N–H and O–H groups in total. The quantitative estimate of drug-likeness (QED) is 0.807. The van der Waals surface area contributed by atoms with Gasteiger partial charge in [-0.1, -0.05) is 0 Å². The number of anilines is 1. The molecule has 1 heterocycles. The number of halogens is 3. The number of likely N-dealkylation sites (tertiary alicyclic amines) is 1. The first-order valence-electron chi connectivity index (χ1n) is 5.85. The van der Waals surface area contributed by atoms with Crippen molar-refractivity contribution in [3.63, 3.8) is 0 Å². The highest BCUT2D eigenvalue weighted by Crippen LogP contribution is 2.25. The van der Waals surface area contributed by atoms with Gasteiger partial charge in [0.1, 0.15) is 17.7 Å². The Morgan fingerprint density at radius 1 is 1.35 bits per heavy atom. The number of amides is 2. The van der Waals surface area contributed by atoms with E-state index in [0.717, 1.165) is 17.0 Å². The van der Waals surface area contributed by atoms with Crippen molar-refractivity contribution in [1.82, 2.24) is 4.90 Å². The van der Waals surface area contributed by atoms with Crippen molar-refractivity contribution < 1.29 is 23.5 Å². The molecule has 0 saturated carbocycles. The number of nitrogens with one attached hydrogen (secondary N) is 1. The second-order valence-electron chi connectivity index (χ2n) is 4.37. The Morgan fingerprint density at radius 3 is 2.70 bits per heavy atom. The van der Waals surface area contributed by atoms with Crippen LogP contribution in [0.15, 0.2) is 16.6 Å². The van der Waals surface area contributed by atoms with Crippen LogP contribution >= 0.6 is 15.9 Å². The molecule has 2 rings (SSSR count). The predicted octanol–water partition coefficient (Wildman–Crippen LogP) is 2.81. The number of carboxylic acids is 1. The summed E-state index contributed by atoms with van der Waals surface area (Å²) in [5, 5.41) is 11.2. The molecule has 20 heavy (non-hydrogen) atoms. The summed E-state index contributed by atoms with van der Waals surface area (Å²) in [4.78, 5) is 24.0. The van der Waals surface area contributed by atoms with Gasteiger partial charge in [0.25, 0.3) is 0 Å². The summed E-state index contributed by atoms with van der Waals surface area (Å²) < 4.78 is 26.8. The number of hydrogen-bond donors (Lipinski definition) is 2. The highest BCUT2D eigenvalue weighted by atomic mass is 79.9. The smallest absolute Gasteiger partial charge is 0.326 e. The SMILES string of the molecule is O=C(O)[C@H]1CCCN1C(=O)Nc1cc(F)c(Br)cc1F. The third-order valence-electron chi connectivity index (χ3n) is 3.05. The van der Waals surface area contributed by atoms with Crippen molar-refractivity contribution >= 4 is 33.6 Å². The second-order valence-corrected chi connectivity index (χ2v) is 5.22. The average molecular weight is 349 g/mol. The number of carbonyl (C=O) groups is 2. The summed E-state index contributed by atoms with van der Waals surface area (Å²) in [7, 11) is 0. The lowest BCUT2D eigenvalue weighted by Gasteiger charge is -2.22. The lowest BCUT2D eigenvalue weighted by molar-refractivity contribution is -0.141. The molecule has 0 aromatic heterocycles. The van der Waals surface area contributed by atoms with Gasteiger partial charge >= 0.3 is 12.0 Å². The van der Waals surface area contributed by atoms with E-state index in [2.05, 4.69) is 21.2 Å². The Bertz CT molecular complexity index is 568. The van der Waals surface area contributed by atoms with E-state index in [4.69, 9.17) is 5.11 Å². The van der Waals surface area contributed by atoms with Crippen LogP contribution in [-0.2, 0) is 4.79 Å². The van der Waals surface area contributed by atoms with Gasteiger partial charge in [0.05, 0.1) is 10.2 Å². The summed E-state index contributed by atoms with van der Waals surface area (Å²) in [6, 6.07) is 0.0427. The molecule has 8 heteroatoms. The van der Waals surface area contributed by atoms with Crippen LogP contribution < -0.4 is 5.32 Å². The number of nitrogens with zero attached hydrogens (tertiary/aromatic N) is 1. The number of benzene rings is 1. The van der Waals surface area contributed by atoms with E-state index in [1.807, 2.05) is 0 Å². The Labute approximate surface area is 121 Å². The highest BCUT2D eigenvalue weighted by Gasteiger charge is 2.34. The lowest BCUT2D eigenvalue weighted by atomic mass is 10.2. The maximum Gasteiger partial charge on any atom is 0.326 e. The molecule has 0 bridgehead atoms.